The SMILES string of the molecule is O=C(O)N1CCC[C@@H](Nc2ncnc3c2c(C2=CCCC2)cn3S(=O)(=O)c2ccccc2)C1. The van der Waals surface area contributed by atoms with Gasteiger partial charge in [0.05, 0.1) is 10.3 Å². The Morgan fingerprint density at radius 1 is 1.15 bits per heavy atom. The van der Waals surface area contributed by atoms with Crippen LogP contribution in [0.1, 0.15) is 37.7 Å². The number of hydrogen-bond acceptors (Lipinski definition) is 6. The second kappa shape index (κ2) is 8.51. The van der Waals surface area contributed by atoms with Crippen LogP contribution in [0.3, 0.4) is 0 Å². The summed E-state index contributed by atoms with van der Waals surface area (Å²) in [5, 5.41) is 13.4. The first kappa shape index (κ1) is 21.4. The zero-order valence-electron chi connectivity index (χ0n) is 18.0. The molecule has 0 radical (unpaired) electrons. The smallest absolute Gasteiger partial charge is 0.407 e. The number of aromatic nitrogens is 3. The molecular formula is C23H25N5O4S. The second-order valence-electron chi connectivity index (χ2n) is 8.41. The van der Waals surface area contributed by atoms with Crippen molar-refractivity contribution in [1.82, 2.24) is 18.8 Å². The van der Waals surface area contributed by atoms with Crippen molar-refractivity contribution in [2.24, 2.45) is 0 Å². The monoisotopic (exact) mass is 467 g/mol. The summed E-state index contributed by atoms with van der Waals surface area (Å²) in [5.41, 5.74) is 2.19. The molecule has 2 aromatic heterocycles. The van der Waals surface area contributed by atoms with E-state index in [1.165, 1.54) is 15.2 Å². The van der Waals surface area contributed by atoms with E-state index in [4.69, 9.17) is 0 Å². The van der Waals surface area contributed by atoms with Gasteiger partial charge < -0.3 is 15.3 Å². The van der Waals surface area contributed by atoms with E-state index < -0.39 is 16.1 Å². The number of piperidine rings is 1. The molecule has 33 heavy (non-hydrogen) atoms. The van der Waals surface area contributed by atoms with Crippen LogP contribution in [0, 0.1) is 0 Å². The number of carboxylic acid groups (broad SMARTS) is 1. The molecule has 1 aliphatic heterocycles. The largest absolute Gasteiger partial charge is 0.465 e. The maximum atomic E-state index is 13.5. The third-order valence-corrected chi connectivity index (χ3v) is 7.94. The van der Waals surface area contributed by atoms with Crippen LogP contribution in [-0.4, -0.2) is 57.6 Å². The lowest BCUT2D eigenvalue weighted by Crippen LogP contribution is -2.44. The van der Waals surface area contributed by atoms with Crippen molar-refractivity contribution in [1.29, 1.82) is 0 Å². The lowest BCUT2D eigenvalue weighted by atomic mass is 10.0. The van der Waals surface area contributed by atoms with Crippen LogP contribution in [0.4, 0.5) is 10.6 Å². The van der Waals surface area contributed by atoms with Gasteiger partial charge in [0.25, 0.3) is 10.0 Å². The maximum Gasteiger partial charge on any atom is 0.407 e. The number of nitrogens with zero attached hydrogens (tertiary/aromatic N) is 4. The van der Waals surface area contributed by atoms with Crippen LogP contribution >= 0.6 is 0 Å². The van der Waals surface area contributed by atoms with Gasteiger partial charge in [-0.25, -0.2) is 27.2 Å². The topological polar surface area (TPSA) is 117 Å². The number of fused-ring (bicyclic) bond motifs is 1. The molecule has 0 unspecified atom stereocenters. The second-order valence-corrected chi connectivity index (χ2v) is 10.2. The van der Waals surface area contributed by atoms with Crippen molar-refractivity contribution in [2.45, 2.75) is 43.0 Å². The molecule has 5 rings (SSSR count). The predicted octanol–water partition coefficient (Wildman–Crippen LogP) is 3.79. The summed E-state index contributed by atoms with van der Waals surface area (Å²) in [5.74, 6) is 0.530. The lowest BCUT2D eigenvalue weighted by Gasteiger charge is -2.31. The average Bonchev–Trinajstić information content (AvgIpc) is 3.49. The number of amides is 1. The molecule has 3 heterocycles. The van der Waals surface area contributed by atoms with Crippen molar-refractivity contribution in [2.75, 3.05) is 18.4 Å². The normalized spacial score (nSPS) is 19.0. The van der Waals surface area contributed by atoms with Crippen LogP contribution in [0.15, 0.2) is 53.8 Å². The van der Waals surface area contributed by atoms with E-state index in [0.29, 0.717) is 29.9 Å². The molecule has 1 atom stereocenters. The quantitative estimate of drug-likeness (QED) is 0.586. The van der Waals surface area contributed by atoms with E-state index in [0.717, 1.165) is 43.2 Å². The minimum absolute atomic E-state index is 0.118. The molecule has 1 aromatic carbocycles. The summed E-state index contributed by atoms with van der Waals surface area (Å²) in [4.78, 5) is 21.8. The predicted molar refractivity (Wildman–Crippen MR) is 125 cm³/mol. The zero-order valence-corrected chi connectivity index (χ0v) is 18.8. The first-order valence-electron chi connectivity index (χ1n) is 11.1. The Balaban J connectivity index is 1.62. The molecule has 2 aliphatic rings. The third kappa shape index (κ3) is 3.95. The molecule has 1 fully saturated rings. The minimum atomic E-state index is -3.86. The summed E-state index contributed by atoms with van der Waals surface area (Å²) in [7, 11) is -3.86. The van der Waals surface area contributed by atoms with E-state index in [1.54, 1.807) is 36.5 Å². The van der Waals surface area contributed by atoms with Gasteiger partial charge in [-0.1, -0.05) is 24.3 Å². The number of likely N-dealkylation sites (tertiary alicyclic amines) is 1. The molecule has 172 valence electrons. The van der Waals surface area contributed by atoms with Gasteiger partial charge in [0.1, 0.15) is 12.1 Å². The Bertz CT molecular complexity index is 1330. The van der Waals surface area contributed by atoms with Crippen molar-refractivity contribution < 1.29 is 18.3 Å². The van der Waals surface area contributed by atoms with Crippen LogP contribution in [0.25, 0.3) is 16.6 Å². The molecule has 10 heteroatoms. The van der Waals surface area contributed by atoms with Crippen molar-refractivity contribution >= 4 is 38.5 Å². The number of anilines is 1. The van der Waals surface area contributed by atoms with Crippen LogP contribution in [0.5, 0.6) is 0 Å². The van der Waals surface area contributed by atoms with Crippen molar-refractivity contribution in [3.8, 4) is 0 Å². The van der Waals surface area contributed by atoms with Gasteiger partial charge in [-0.15, -0.1) is 0 Å². The molecule has 1 aliphatic carbocycles. The third-order valence-electron chi connectivity index (χ3n) is 6.27. The van der Waals surface area contributed by atoms with Gasteiger partial charge in [-0.2, -0.15) is 0 Å². The van der Waals surface area contributed by atoms with Crippen LogP contribution in [0.2, 0.25) is 0 Å². The fourth-order valence-corrected chi connectivity index (χ4v) is 5.99. The minimum Gasteiger partial charge on any atom is -0.465 e. The summed E-state index contributed by atoms with van der Waals surface area (Å²) in [6.45, 7) is 0.860. The highest BCUT2D eigenvalue weighted by molar-refractivity contribution is 7.90. The fourth-order valence-electron chi connectivity index (χ4n) is 4.65. The van der Waals surface area contributed by atoms with Crippen molar-refractivity contribution in [3.05, 3.63) is 54.5 Å². The summed E-state index contributed by atoms with van der Waals surface area (Å²) in [6.07, 6.45) is 8.56. The molecule has 3 aromatic rings. The standard InChI is InChI=1S/C23H25N5O4S/c29-23(30)27-12-6-9-17(13-27)26-21-20-19(16-7-4-5-8-16)14-28(22(20)25-15-24-21)33(31,32)18-10-2-1-3-11-18/h1-3,7,10-11,14-15,17H,4-6,8-9,12-13H2,(H,29,30)(H,24,25,26)/t17-/m1/s1. The molecule has 0 saturated carbocycles. The average molecular weight is 468 g/mol. The molecule has 0 spiro atoms. The van der Waals surface area contributed by atoms with Gasteiger partial charge in [-0.3, -0.25) is 0 Å². The van der Waals surface area contributed by atoms with E-state index in [2.05, 4.69) is 21.4 Å². The van der Waals surface area contributed by atoms with Gasteiger partial charge in [-0.05, 0) is 49.8 Å². The highest BCUT2D eigenvalue weighted by Gasteiger charge is 2.28. The Hall–Kier alpha value is -3.40. The first-order chi connectivity index (χ1) is 15.9. The summed E-state index contributed by atoms with van der Waals surface area (Å²) >= 11 is 0. The van der Waals surface area contributed by atoms with Gasteiger partial charge in [0.15, 0.2) is 5.65 Å². The zero-order chi connectivity index (χ0) is 23.0. The molecule has 1 amide bonds. The highest BCUT2D eigenvalue weighted by Crippen LogP contribution is 2.37. The highest BCUT2D eigenvalue weighted by atomic mass is 32.2. The molecule has 0 bridgehead atoms. The number of carbonyl (C=O) groups is 1. The Kier molecular flexibility index (Phi) is 5.53. The number of nitrogens with one attached hydrogen (secondary N) is 1. The number of rotatable bonds is 5. The van der Waals surface area contributed by atoms with E-state index in [9.17, 15) is 18.3 Å². The maximum absolute atomic E-state index is 13.5. The van der Waals surface area contributed by atoms with Crippen LogP contribution < -0.4 is 5.32 Å². The fraction of sp³-hybridized carbons (Fsp3) is 0.348. The Morgan fingerprint density at radius 3 is 2.70 bits per heavy atom. The number of hydrogen-bond donors (Lipinski definition) is 2. The lowest BCUT2D eigenvalue weighted by molar-refractivity contribution is 0.133. The van der Waals surface area contributed by atoms with Gasteiger partial charge >= 0.3 is 6.09 Å². The van der Waals surface area contributed by atoms with Gasteiger partial charge in [0.2, 0.25) is 0 Å². The summed E-state index contributed by atoms with van der Waals surface area (Å²) < 4.78 is 28.2. The number of benzene rings is 1. The first-order valence-corrected chi connectivity index (χ1v) is 12.5. The Labute approximate surface area is 191 Å². The Morgan fingerprint density at radius 2 is 1.97 bits per heavy atom. The summed E-state index contributed by atoms with van der Waals surface area (Å²) in [6, 6.07) is 8.18. The number of allylic oxidation sites excluding steroid dienone is 2. The van der Waals surface area contributed by atoms with E-state index in [-0.39, 0.29) is 10.9 Å². The van der Waals surface area contributed by atoms with E-state index >= 15 is 0 Å². The molecular weight excluding hydrogens is 442 g/mol. The van der Waals surface area contributed by atoms with Crippen LogP contribution in [-0.2, 0) is 10.0 Å². The molecule has 9 nitrogen and oxygen atoms in total. The van der Waals surface area contributed by atoms with Gasteiger partial charge in [0, 0.05) is 30.9 Å². The van der Waals surface area contributed by atoms with E-state index in [1.807, 2.05) is 0 Å². The molecule has 1 saturated heterocycles. The molecule has 2 N–H and O–H groups in total. The van der Waals surface area contributed by atoms with Crippen molar-refractivity contribution in [3.63, 3.8) is 0 Å².